The van der Waals surface area contributed by atoms with Crippen LogP contribution in [0.15, 0.2) is 29.4 Å². The number of benzene rings is 1. The normalized spacial score (nSPS) is 14.9. The number of hydrogen-bond acceptors (Lipinski definition) is 10. The number of nitrogens with one attached hydrogen (secondary N) is 1. The number of sulfone groups is 1. The smallest absolute Gasteiger partial charge is 0.232 e. The summed E-state index contributed by atoms with van der Waals surface area (Å²) < 4.78 is 25.7. The van der Waals surface area contributed by atoms with E-state index < -0.39 is 9.84 Å². The van der Waals surface area contributed by atoms with Crippen molar-refractivity contribution >= 4 is 59.4 Å². The molecule has 1 aromatic carbocycles. The highest BCUT2D eigenvalue weighted by Gasteiger charge is 2.35. The first-order chi connectivity index (χ1) is 14.3. The molecule has 0 bridgehead atoms. The van der Waals surface area contributed by atoms with Gasteiger partial charge in [-0.1, -0.05) is 16.6 Å². The molecule has 0 saturated carbocycles. The lowest BCUT2D eigenvalue weighted by Crippen LogP contribution is -2.52. The predicted octanol–water partition coefficient (Wildman–Crippen LogP) is 0.846. The van der Waals surface area contributed by atoms with Crippen LogP contribution in [0.5, 0.6) is 0 Å². The molecule has 154 valence electrons. The molecule has 4 heterocycles. The molecule has 30 heavy (non-hydrogen) atoms. The first-order valence-electron chi connectivity index (χ1n) is 8.96. The van der Waals surface area contributed by atoms with Crippen molar-refractivity contribution in [2.75, 3.05) is 29.6 Å². The zero-order chi connectivity index (χ0) is 21.0. The fourth-order valence-electron chi connectivity index (χ4n) is 3.29. The largest absolute Gasteiger partial charge is 0.353 e. The van der Waals surface area contributed by atoms with Gasteiger partial charge in [0.15, 0.2) is 32.0 Å². The highest BCUT2D eigenvalue weighted by atomic mass is 32.2. The molecular weight excluding hydrogens is 428 g/mol. The Bertz CT molecular complexity index is 1410. The van der Waals surface area contributed by atoms with Gasteiger partial charge >= 0.3 is 0 Å². The summed E-state index contributed by atoms with van der Waals surface area (Å²) in [4.78, 5) is 27.6. The first-order valence-corrected chi connectivity index (χ1v) is 11.7. The molecule has 5 rings (SSSR count). The Morgan fingerprint density at radius 2 is 2.07 bits per heavy atom. The standard InChI is InChI=1S/C17H16N8O3S2/c1-24-14-13(22-23-24)15(19-8-18-14)25-6-9(7-25)16(26)21-17-20-11-4-3-10(30(2,27)28)5-12(11)29-17/h3-5,8-9H,6-7H2,1-2H3,(H,20,21,26). The van der Waals surface area contributed by atoms with Crippen LogP contribution < -0.4 is 10.2 Å². The van der Waals surface area contributed by atoms with Crippen LogP contribution in [0.1, 0.15) is 0 Å². The Labute approximate surface area is 174 Å². The Kier molecular flexibility index (Phi) is 4.18. The van der Waals surface area contributed by atoms with E-state index in [1.165, 1.54) is 23.7 Å². The van der Waals surface area contributed by atoms with Gasteiger partial charge in [0.1, 0.15) is 6.33 Å². The number of carbonyl (C=O) groups excluding carboxylic acids is 1. The Hall–Kier alpha value is -3.19. The average molecular weight is 445 g/mol. The van der Waals surface area contributed by atoms with Crippen molar-refractivity contribution in [3.05, 3.63) is 24.5 Å². The van der Waals surface area contributed by atoms with Crippen molar-refractivity contribution in [3.63, 3.8) is 0 Å². The molecule has 0 atom stereocenters. The van der Waals surface area contributed by atoms with Crippen LogP contribution in [0.4, 0.5) is 10.9 Å². The van der Waals surface area contributed by atoms with E-state index in [4.69, 9.17) is 0 Å². The van der Waals surface area contributed by atoms with Gasteiger partial charge in [-0.3, -0.25) is 4.79 Å². The molecule has 0 spiro atoms. The lowest BCUT2D eigenvalue weighted by molar-refractivity contribution is -0.120. The number of fused-ring (bicyclic) bond motifs is 2. The topological polar surface area (TPSA) is 136 Å². The predicted molar refractivity (Wildman–Crippen MR) is 111 cm³/mol. The van der Waals surface area contributed by atoms with Crippen LogP contribution in [0, 0.1) is 5.92 Å². The monoisotopic (exact) mass is 444 g/mol. The van der Waals surface area contributed by atoms with E-state index in [1.54, 1.807) is 23.9 Å². The molecule has 1 fully saturated rings. The minimum atomic E-state index is -3.30. The Morgan fingerprint density at radius 1 is 1.27 bits per heavy atom. The molecular formula is C17H16N8O3S2. The Balaban J connectivity index is 1.29. The summed E-state index contributed by atoms with van der Waals surface area (Å²) in [6, 6.07) is 4.73. The number of aromatic nitrogens is 6. The third-order valence-electron chi connectivity index (χ3n) is 4.94. The lowest BCUT2D eigenvalue weighted by atomic mass is 9.99. The van der Waals surface area contributed by atoms with Crippen LogP contribution >= 0.6 is 11.3 Å². The second kappa shape index (κ2) is 6.67. The van der Waals surface area contributed by atoms with Gasteiger partial charge in [-0.25, -0.2) is 28.1 Å². The number of amides is 1. The number of nitrogens with zero attached hydrogens (tertiary/aromatic N) is 7. The number of anilines is 2. The van der Waals surface area contributed by atoms with E-state index in [0.29, 0.717) is 45.4 Å². The van der Waals surface area contributed by atoms with Crippen LogP contribution in [0.2, 0.25) is 0 Å². The maximum Gasteiger partial charge on any atom is 0.232 e. The summed E-state index contributed by atoms with van der Waals surface area (Å²) in [6.45, 7) is 0.995. The van der Waals surface area contributed by atoms with Gasteiger partial charge in [-0.15, -0.1) is 5.10 Å². The van der Waals surface area contributed by atoms with E-state index in [-0.39, 0.29) is 16.7 Å². The van der Waals surface area contributed by atoms with Gasteiger partial charge in [0.2, 0.25) is 5.91 Å². The minimum Gasteiger partial charge on any atom is -0.353 e. The summed E-state index contributed by atoms with van der Waals surface area (Å²) in [5.74, 6) is 0.300. The number of carbonyl (C=O) groups is 1. The molecule has 0 unspecified atom stereocenters. The van der Waals surface area contributed by atoms with Gasteiger partial charge in [-0.2, -0.15) is 0 Å². The van der Waals surface area contributed by atoms with Crippen molar-refractivity contribution in [1.82, 2.24) is 29.9 Å². The fourth-order valence-corrected chi connectivity index (χ4v) is 4.92. The maximum absolute atomic E-state index is 12.6. The van der Waals surface area contributed by atoms with Crippen molar-refractivity contribution in [1.29, 1.82) is 0 Å². The summed E-state index contributed by atoms with van der Waals surface area (Å²) in [5.41, 5.74) is 1.88. The lowest BCUT2D eigenvalue weighted by Gasteiger charge is -2.38. The first kappa shape index (κ1) is 18.8. The van der Waals surface area contributed by atoms with Crippen molar-refractivity contribution in [3.8, 4) is 0 Å². The number of thiazole rings is 1. The van der Waals surface area contributed by atoms with E-state index in [2.05, 4.69) is 30.6 Å². The van der Waals surface area contributed by atoms with Gasteiger partial charge < -0.3 is 10.2 Å². The third kappa shape index (κ3) is 3.15. The van der Waals surface area contributed by atoms with Crippen LogP contribution in [-0.2, 0) is 21.7 Å². The van der Waals surface area contributed by atoms with E-state index >= 15 is 0 Å². The summed E-state index contributed by atoms with van der Waals surface area (Å²) in [6.07, 6.45) is 2.62. The highest BCUT2D eigenvalue weighted by molar-refractivity contribution is 7.90. The molecule has 1 amide bonds. The summed E-state index contributed by atoms with van der Waals surface area (Å²) in [7, 11) is -1.54. The van der Waals surface area contributed by atoms with Crippen LogP contribution in [-0.4, -0.2) is 63.6 Å². The van der Waals surface area contributed by atoms with Gasteiger partial charge in [0.05, 0.1) is 21.0 Å². The maximum atomic E-state index is 12.6. The molecule has 1 N–H and O–H groups in total. The fraction of sp³-hybridized carbons (Fsp3) is 0.294. The van der Waals surface area contributed by atoms with E-state index in [1.807, 2.05) is 4.90 Å². The van der Waals surface area contributed by atoms with E-state index in [0.717, 1.165) is 6.26 Å². The van der Waals surface area contributed by atoms with E-state index in [9.17, 15) is 13.2 Å². The molecule has 1 saturated heterocycles. The van der Waals surface area contributed by atoms with Crippen molar-refractivity contribution in [2.45, 2.75) is 4.90 Å². The molecule has 0 radical (unpaired) electrons. The van der Waals surface area contributed by atoms with Crippen LogP contribution in [0.25, 0.3) is 21.4 Å². The highest BCUT2D eigenvalue weighted by Crippen LogP contribution is 2.31. The minimum absolute atomic E-state index is 0.141. The molecule has 13 heteroatoms. The molecule has 3 aromatic heterocycles. The zero-order valence-electron chi connectivity index (χ0n) is 16.0. The molecule has 1 aliphatic heterocycles. The number of hydrogen-bond donors (Lipinski definition) is 1. The molecule has 0 aliphatic carbocycles. The molecule has 4 aromatic rings. The third-order valence-corrected chi connectivity index (χ3v) is 6.98. The summed E-state index contributed by atoms with van der Waals surface area (Å²) >= 11 is 1.25. The SMILES string of the molecule is Cn1nnc2c(N3CC(C(=O)Nc4nc5ccc(S(C)(=O)=O)cc5s4)C3)ncnc21. The second-order valence-electron chi connectivity index (χ2n) is 7.09. The van der Waals surface area contributed by atoms with Crippen molar-refractivity contribution in [2.24, 2.45) is 13.0 Å². The average Bonchev–Trinajstić information content (AvgIpc) is 3.22. The zero-order valence-corrected chi connectivity index (χ0v) is 17.6. The van der Waals surface area contributed by atoms with Gasteiger partial charge in [0, 0.05) is 26.4 Å². The Morgan fingerprint density at radius 3 is 2.83 bits per heavy atom. The number of aryl methyl sites for hydroxylation is 1. The summed E-state index contributed by atoms with van der Waals surface area (Å²) in [5, 5.41) is 11.3. The van der Waals surface area contributed by atoms with Crippen molar-refractivity contribution < 1.29 is 13.2 Å². The molecule has 1 aliphatic rings. The second-order valence-corrected chi connectivity index (χ2v) is 10.1. The molecule has 11 nitrogen and oxygen atoms in total. The number of rotatable bonds is 4. The van der Waals surface area contributed by atoms with Crippen LogP contribution in [0.3, 0.4) is 0 Å². The quantitative estimate of drug-likeness (QED) is 0.486. The van der Waals surface area contributed by atoms with Gasteiger partial charge in [0.25, 0.3) is 0 Å². The van der Waals surface area contributed by atoms with Gasteiger partial charge in [-0.05, 0) is 18.2 Å².